The quantitative estimate of drug-likeness (QED) is 0.726. The van der Waals surface area contributed by atoms with E-state index in [0.717, 1.165) is 51.4 Å². The summed E-state index contributed by atoms with van der Waals surface area (Å²) in [6.45, 7) is 1.71. The van der Waals surface area contributed by atoms with Crippen molar-refractivity contribution in [2.24, 2.45) is 5.92 Å². The summed E-state index contributed by atoms with van der Waals surface area (Å²) in [6.07, 6.45) is 8.89. The van der Waals surface area contributed by atoms with Crippen molar-refractivity contribution in [1.29, 1.82) is 0 Å². The molecule has 0 aromatic heterocycles. The van der Waals surface area contributed by atoms with Crippen LogP contribution in [0.25, 0.3) is 0 Å². The van der Waals surface area contributed by atoms with Crippen LogP contribution in [0.15, 0.2) is 0 Å². The lowest BCUT2D eigenvalue weighted by Crippen LogP contribution is -2.55. The molecule has 2 N–H and O–H groups in total. The van der Waals surface area contributed by atoms with Gasteiger partial charge < -0.3 is 15.4 Å². The summed E-state index contributed by atoms with van der Waals surface area (Å²) in [6, 6.07) is -0.588. The van der Waals surface area contributed by atoms with Gasteiger partial charge in [0.05, 0.1) is 19.1 Å². The zero-order chi connectivity index (χ0) is 17.6. The molecule has 0 spiro atoms. The predicted molar refractivity (Wildman–Crippen MR) is 90.2 cm³/mol. The fourth-order valence-electron chi connectivity index (χ4n) is 3.88. The first kappa shape index (κ1) is 18.7. The number of nitrogens with one attached hydrogen (secondary N) is 2. The molecule has 2 rings (SSSR count). The molecule has 0 aliphatic heterocycles. The maximum atomic E-state index is 12.5. The van der Waals surface area contributed by atoms with Crippen molar-refractivity contribution >= 4 is 17.8 Å². The Morgan fingerprint density at radius 3 is 2.29 bits per heavy atom. The zero-order valence-corrected chi connectivity index (χ0v) is 14.9. The first-order valence-electron chi connectivity index (χ1n) is 9.15. The minimum Gasteiger partial charge on any atom is -0.469 e. The minimum absolute atomic E-state index is 0.0224. The summed E-state index contributed by atoms with van der Waals surface area (Å²) >= 11 is 0. The van der Waals surface area contributed by atoms with E-state index < -0.39 is 11.6 Å². The van der Waals surface area contributed by atoms with E-state index in [1.807, 2.05) is 0 Å². The van der Waals surface area contributed by atoms with E-state index in [-0.39, 0.29) is 30.1 Å². The van der Waals surface area contributed by atoms with Gasteiger partial charge in [0, 0.05) is 5.92 Å². The summed E-state index contributed by atoms with van der Waals surface area (Å²) in [4.78, 5) is 36.5. The SMILES string of the molecule is COC(=O)CC1(NC(=O)[C@H](C)NC(=O)C2CCCCC2)CCCC1. The van der Waals surface area contributed by atoms with Crippen molar-refractivity contribution in [1.82, 2.24) is 10.6 Å². The average molecular weight is 338 g/mol. The number of carbonyl (C=O) groups is 3. The Morgan fingerprint density at radius 1 is 1.08 bits per heavy atom. The maximum Gasteiger partial charge on any atom is 0.307 e. The summed E-state index contributed by atoms with van der Waals surface area (Å²) in [5.74, 6) is -0.517. The molecule has 0 aromatic carbocycles. The second-order valence-corrected chi connectivity index (χ2v) is 7.29. The molecule has 6 heteroatoms. The zero-order valence-electron chi connectivity index (χ0n) is 14.9. The molecule has 2 fully saturated rings. The Labute approximate surface area is 144 Å². The number of hydrogen-bond acceptors (Lipinski definition) is 4. The van der Waals surface area contributed by atoms with Gasteiger partial charge in [-0.2, -0.15) is 0 Å². The van der Waals surface area contributed by atoms with E-state index in [1.54, 1.807) is 6.92 Å². The molecule has 2 aliphatic rings. The summed E-state index contributed by atoms with van der Waals surface area (Å²) < 4.78 is 4.76. The van der Waals surface area contributed by atoms with Crippen molar-refractivity contribution in [3.05, 3.63) is 0 Å². The largest absolute Gasteiger partial charge is 0.469 e. The highest BCUT2D eigenvalue weighted by Crippen LogP contribution is 2.33. The van der Waals surface area contributed by atoms with Gasteiger partial charge >= 0.3 is 5.97 Å². The number of esters is 1. The van der Waals surface area contributed by atoms with Crippen LogP contribution in [0.2, 0.25) is 0 Å². The molecule has 1 atom stereocenters. The van der Waals surface area contributed by atoms with Crippen molar-refractivity contribution in [3.8, 4) is 0 Å². The molecule has 0 aromatic rings. The van der Waals surface area contributed by atoms with Gasteiger partial charge in [0.15, 0.2) is 0 Å². The minimum atomic E-state index is -0.588. The van der Waals surface area contributed by atoms with Crippen LogP contribution in [0.3, 0.4) is 0 Å². The molecule has 0 bridgehead atoms. The van der Waals surface area contributed by atoms with E-state index in [9.17, 15) is 14.4 Å². The van der Waals surface area contributed by atoms with Crippen molar-refractivity contribution < 1.29 is 19.1 Å². The number of ether oxygens (including phenoxy) is 1. The standard InChI is InChI=1S/C18H30N2O4/c1-13(19-17(23)14-8-4-3-5-9-14)16(22)20-18(10-6-7-11-18)12-15(21)24-2/h13-14H,3-12H2,1-2H3,(H,19,23)(H,20,22)/t13-/m0/s1. The second-order valence-electron chi connectivity index (χ2n) is 7.29. The molecule has 0 heterocycles. The van der Waals surface area contributed by atoms with E-state index in [2.05, 4.69) is 10.6 Å². The molecule has 0 radical (unpaired) electrons. The van der Waals surface area contributed by atoms with E-state index in [1.165, 1.54) is 13.5 Å². The van der Waals surface area contributed by atoms with Crippen LogP contribution >= 0.6 is 0 Å². The third kappa shape index (κ3) is 4.95. The van der Waals surface area contributed by atoms with Gasteiger partial charge in [0.2, 0.25) is 11.8 Å². The van der Waals surface area contributed by atoms with Gasteiger partial charge in [-0.25, -0.2) is 0 Å². The molecule has 6 nitrogen and oxygen atoms in total. The molecular formula is C18H30N2O4. The molecule has 2 saturated carbocycles. The Bertz CT molecular complexity index is 466. The monoisotopic (exact) mass is 338 g/mol. The van der Waals surface area contributed by atoms with Gasteiger partial charge in [-0.1, -0.05) is 32.1 Å². The fourth-order valence-corrected chi connectivity index (χ4v) is 3.88. The first-order valence-corrected chi connectivity index (χ1v) is 9.15. The van der Waals surface area contributed by atoms with Gasteiger partial charge in [-0.05, 0) is 32.6 Å². The van der Waals surface area contributed by atoms with Gasteiger partial charge in [-0.3, -0.25) is 14.4 Å². The highest BCUT2D eigenvalue weighted by atomic mass is 16.5. The highest BCUT2D eigenvalue weighted by Gasteiger charge is 2.39. The maximum absolute atomic E-state index is 12.5. The molecule has 2 aliphatic carbocycles. The summed E-state index contributed by atoms with van der Waals surface area (Å²) in [5, 5.41) is 5.85. The van der Waals surface area contributed by atoms with Crippen LogP contribution in [-0.4, -0.2) is 36.5 Å². The molecule has 0 unspecified atom stereocenters. The lowest BCUT2D eigenvalue weighted by Gasteiger charge is -2.31. The highest BCUT2D eigenvalue weighted by molar-refractivity contribution is 5.89. The summed E-state index contributed by atoms with van der Waals surface area (Å²) in [7, 11) is 1.36. The van der Waals surface area contributed by atoms with E-state index in [0.29, 0.717) is 0 Å². The van der Waals surface area contributed by atoms with Crippen LogP contribution in [0, 0.1) is 5.92 Å². The van der Waals surface area contributed by atoms with Crippen molar-refractivity contribution in [2.45, 2.75) is 82.7 Å². The fraction of sp³-hybridized carbons (Fsp3) is 0.833. The smallest absolute Gasteiger partial charge is 0.307 e. The van der Waals surface area contributed by atoms with Crippen molar-refractivity contribution in [3.63, 3.8) is 0 Å². The lowest BCUT2D eigenvalue weighted by molar-refractivity contribution is -0.143. The van der Waals surface area contributed by atoms with Gasteiger partial charge in [-0.15, -0.1) is 0 Å². The topological polar surface area (TPSA) is 84.5 Å². The number of hydrogen-bond donors (Lipinski definition) is 2. The Morgan fingerprint density at radius 2 is 1.71 bits per heavy atom. The Hall–Kier alpha value is -1.59. The average Bonchev–Trinajstić information content (AvgIpc) is 3.03. The normalized spacial score (nSPS) is 21.8. The van der Waals surface area contributed by atoms with E-state index >= 15 is 0 Å². The molecular weight excluding hydrogens is 308 g/mol. The Balaban J connectivity index is 1.89. The molecule has 136 valence electrons. The Kier molecular flexibility index (Phi) is 6.63. The summed E-state index contributed by atoms with van der Waals surface area (Å²) in [5.41, 5.74) is -0.520. The lowest BCUT2D eigenvalue weighted by atomic mass is 9.88. The number of rotatable bonds is 6. The van der Waals surface area contributed by atoms with Crippen LogP contribution in [-0.2, 0) is 19.1 Å². The molecule has 24 heavy (non-hydrogen) atoms. The third-order valence-electron chi connectivity index (χ3n) is 5.39. The second kappa shape index (κ2) is 8.49. The van der Waals surface area contributed by atoms with Crippen LogP contribution in [0.5, 0.6) is 0 Å². The van der Waals surface area contributed by atoms with E-state index in [4.69, 9.17) is 4.74 Å². The first-order chi connectivity index (χ1) is 11.5. The predicted octanol–water partition coefficient (Wildman–Crippen LogP) is 2.06. The number of carbonyl (C=O) groups excluding carboxylic acids is 3. The molecule has 0 saturated heterocycles. The third-order valence-corrected chi connectivity index (χ3v) is 5.39. The van der Waals surface area contributed by atoms with Gasteiger partial charge in [0.1, 0.15) is 6.04 Å². The number of methoxy groups -OCH3 is 1. The number of amides is 2. The van der Waals surface area contributed by atoms with Gasteiger partial charge in [0.25, 0.3) is 0 Å². The van der Waals surface area contributed by atoms with Crippen LogP contribution in [0.4, 0.5) is 0 Å². The van der Waals surface area contributed by atoms with Crippen LogP contribution < -0.4 is 10.6 Å². The van der Waals surface area contributed by atoms with Crippen molar-refractivity contribution in [2.75, 3.05) is 7.11 Å². The van der Waals surface area contributed by atoms with Crippen LogP contribution in [0.1, 0.15) is 71.1 Å². The molecule has 2 amide bonds.